The van der Waals surface area contributed by atoms with Crippen LogP contribution >= 0.6 is 0 Å². The van der Waals surface area contributed by atoms with E-state index in [2.05, 4.69) is 19.1 Å². The van der Waals surface area contributed by atoms with Crippen LogP contribution in [0.5, 0.6) is 5.75 Å². The zero-order valence-corrected chi connectivity index (χ0v) is 19.0. The lowest BCUT2D eigenvalue weighted by molar-refractivity contribution is -0.142. The van der Waals surface area contributed by atoms with E-state index in [9.17, 15) is 4.79 Å². The largest absolute Gasteiger partial charge is 0.496 e. The van der Waals surface area contributed by atoms with Crippen molar-refractivity contribution in [2.75, 3.05) is 14.2 Å². The average molecular weight is 403 g/mol. The molecule has 0 aromatic heterocycles. The molecule has 0 fully saturated rings. The number of benzene rings is 1. The number of methoxy groups -OCH3 is 2. The summed E-state index contributed by atoms with van der Waals surface area (Å²) in [7, 11) is 3.11. The SMILES string of the molecule is CCCCCCCC/C=C\CCCCCCC(C(=O)OC)c1ccccc1OC. The fourth-order valence-electron chi connectivity index (χ4n) is 3.74. The Morgan fingerprint density at radius 1 is 0.862 bits per heavy atom. The third-order valence-corrected chi connectivity index (χ3v) is 5.50. The van der Waals surface area contributed by atoms with Crippen LogP contribution in [0.1, 0.15) is 102 Å². The molecule has 1 unspecified atom stereocenters. The van der Waals surface area contributed by atoms with Crippen LogP contribution in [0.4, 0.5) is 0 Å². The monoisotopic (exact) mass is 402 g/mol. The van der Waals surface area contributed by atoms with Gasteiger partial charge in [0.15, 0.2) is 0 Å². The van der Waals surface area contributed by atoms with Crippen molar-refractivity contribution in [3.63, 3.8) is 0 Å². The Balaban J connectivity index is 2.18. The minimum absolute atomic E-state index is 0.174. The highest BCUT2D eigenvalue weighted by Gasteiger charge is 2.23. The van der Waals surface area contributed by atoms with E-state index in [0.29, 0.717) is 0 Å². The molecule has 0 amide bonds. The van der Waals surface area contributed by atoms with Gasteiger partial charge in [-0.05, 0) is 38.2 Å². The maximum Gasteiger partial charge on any atom is 0.313 e. The Bertz CT molecular complexity index is 565. The summed E-state index contributed by atoms with van der Waals surface area (Å²) < 4.78 is 10.5. The second-order valence-corrected chi connectivity index (χ2v) is 7.84. The number of esters is 1. The first-order valence-corrected chi connectivity index (χ1v) is 11.6. The number of hydrogen-bond donors (Lipinski definition) is 0. The standard InChI is InChI=1S/C26H42O3/c1-4-5-6-7-8-9-10-11-12-13-14-15-16-17-21-24(26(27)29-3)23-20-18-19-22-25(23)28-2/h11-12,18-20,22,24H,4-10,13-17,21H2,1-3H3/b12-11-. The topological polar surface area (TPSA) is 35.5 Å². The molecule has 0 aliphatic rings. The third kappa shape index (κ3) is 11.1. The number of rotatable bonds is 17. The fourth-order valence-corrected chi connectivity index (χ4v) is 3.74. The molecule has 0 saturated heterocycles. The van der Waals surface area contributed by atoms with Crippen LogP contribution in [0.3, 0.4) is 0 Å². The highest BCUT2D eigenvalue weighted by atomic mass is 16.5. The number of carbonyl (C=O) groups is 1. The van der Waals surface area contributed by atoms with E-state index in [1.807, 2.05) is 24.3 Å². The van der Waals surface area contributed by atoms with E-state index < -0.39 is 0 Å². The van der Waals surface area contributed by atoms with Gasteiger partial charge in [-0.1, -0.05) is 88.6 Å². The van der Waals surface area contributed by atoms with E-state index in [0.717, 1.165) is 30.6 Å². The van der Waals surface area contributed by atoms with Crippen molar-refractivity contribution >= 4 is 5.97 Å². The summed E-state index contributed by atoms with van der Waals surface area (Å²) in [5.41, 5.74) is 0.930. The molecule has 1 rings (SSSR count). The first kappa shape index (κ1) is 25.3. The predicted molar refractivity (Wildman–Crippen MR) is 123 cm³/mol. The van der Waals surface area contributed by atoms with Crippen LogP contribution in [0.2, 0.25) is 0 Å². The van der Waals surface area contributed by atoms with Crippen molar-refractivity contribution in [2.45, 2.75) is 96.3 Å². The van der Waals surface area contributed by atoms with E-state index in [1.165, 1.54) is 71.3 Å². The summed E-state index contributed by atoms with van der Waals surface area (Å²) in [6.45, 7) is 2.26. The molecular formula is C26H42O3. The summed E-state index contributed by atoms with van der Waals surface area (Å²) in [5.74, 6) is 0.346. The van der Waals surface area contributed by atoms with Gasteiger partial charge in [-0.3, -0.25) is 4.79 Å². The van der Waals surface area contributed by atoms with Gasteiger partial charge in [0, 0.05) is 5.56 Å². The molecule has 164 valence electrons. The lowest BCUT2D eigenvalue weighted by atomic mass is 9.92. The lowest BCUT2D eigenvalue weighted by Crippen LogP contribution is -2.15. The highest BCUT2D eigenvalue weighted by Crippen LogP contribution is 2.31. The second-order valence-electron chi connectivity index (χ2n) is 7.84. The smallest absolute Gasteiger partial charge is 0.313 e. The molecule has 0 heterocycles. The molecule has 0 saturated carbocycles. The van der Waals surface area contributed by atoms with Gasteiger partial charge in [0.2, 0.25) is 0 Å². The maximum absolute atomic E-state index is 12.3. The van der Waals surface area contributed by atoms with Gasteiger partial charge in [0.1, 0.15) is 5.75 Å². The van der Waals surface area contributed by atoms with Crippen molar-refractivity contribution in [1.82, 2.24) is 0 Å². The van der Waals surface area contributed by atoms with Gasteiger partial charge in [-0.2, -0.15) is 0 Å². The van der Waals surface area contributed by atoms with Crippen LogP contribution in [-0.4, -0.2) is 20.2 Å². The number of ether oxygens (including phenoxy) is 2. The van der Waals surface area contributed by atoms with Crippen molar-refractivity contribution in [3.8, 4) is 5.75 Å². The van der Waals surface area contributed by atoms with Crippen LogP contribution < -0.4 is 4.74 Å². The average Bonchev–Trinajstić information content (AvgIpc) is 2.76. The minimum atomic E-state index is -0.242. The molecule has 0 N–H and O–H groups in total. The Hall–Kier alpha value is -1.77. The number of hydrogen-bond acceptors (Lipinski definition) is 3. The normalized spacial score (nSPS) is 12.2. The molecule has 1 aromatic rings. The van der Waals surface area contributed by atoms with E-state index in [-0.39, 0.29) is 11.9 Å². The van der Waals surface area contributed by atoms with Crippen LogP contribution in [0, 0.1) is 0 Å². The van der Waals surface area contributed by atoms with E-state index in [1.54, 1.807) is 7.11 Å². The van der Waals surface area contributed by atoms with Gasteiger partial charge in [0.25, 0.3) is 0 Å². The van der Waals surface area contributed by atoms with E-state index in [4.69, 9.17) is 9.47 Å². The van der Waals surface area contributed by atoms with Crippen LogP contribution in [0.15, 0.2) is 36.4 Å². The molecule has 0 bridgehead atoms. The Kier molecular flexibility index (Phi) is 14.9. The maximum atomic E-state index is 12.3. The Labute approximate surface area is 178 Å². The number of carbonyl (C=O) groups excluding carboxylic acids is 1. The van der Waals surface area contributed by atoms with Crippen LogP contribution in [0.25, 0.3) is 0 Å². The van der Waals surface area contributed by atoms with Gasteiger partial charge < -0.3 is 9.47 Å². The number of allylic oxidation sites excluding steroid dienone is 2. The summed E-state index contributed by atoms with van der Waals surface area (Å²) in [6.07, 6.45) is 20.7. The molecule has 29 heavy (non-hydrogen) atoms. The molecule has 1 atom stereocenters. The molecule has 3 heteroatoms. The zero-order chi connectivity index (χ0) is 21.2. The van der Waals surface area contributed by atoms with Gasteiger partial charge >= 0.3 is 5.97 Å². The molecule has 3 nitrogen and oxygen atoms in total. The van der Waals surface area contributed by atoms with Gasteiger partial charge in [-0.25, -0.2) is 0 Å². The van der Waals surface area contributed by atoms with Crippen molar-refractivity contribution in [2.24, 2.45) is 0 Å². The van der Waals surface area contributed by atoms with Gasteiger partial charge in [0.05, 0.1) is 20.1 Å². The summed E-state index contributed by atoms with van der Waals surface area (Å²) in [5, 5.41) is 0. The first-order chi connectivity index (χ1) is 14.2. The zero-order valence-electron chi connectivity index (χ0n) is 19.0. The summed E-state index contributed by atoms with van der Waals surface area (Å²) in [6, 6.07) is 7.75. The Morgan fingerprint density at radius 2 is 1.45 bits per heavy atom. The first-order valence-electron chi connectivity index (χ1n) is 11.6. The summed E-state index contributed by atoms with van der Waals surface area (Å²) in [4.78, 5) is 12.3. The second kappa shape index (κ2) is 17.1. The van der Waals surface area contributed by atoms with E-state index >= 15 is 0 Å². The molecule has 0 radical (unpaired) electrons. The predicted octanol–water partition coefficient (Wildman–Crippen LogP) is 7.60. The molecule has 0 aliphatic heterocycles. The van der Waals surface area contributed by atoms with Crippen molar-refractivity contribution in [1.29, 1.82) is 0 Å². The molecular weight excluding hydrogens is 360 g/mol. The van der Waals surface area contributed by atoms with Crippen molar-refractivity contribution in [3.05, 3.63) is 42.0 Å². The Morgan fingerprint density at radius 3 is 2.07 bits per heavy atom. The fraction of sp³-hybridized carbons (Fsp3) is 0.654. The number of unbranched alkanes of at least 4 members (excludes halogenated alkanes) is 10. The quantitative estimate of drug-likeness (QED) is 0.153. The summed E-state index contributed by atoms with van der Waals surface area (Å²) >= 11 is 0. The third-order valence-electron chi connectivity index (χ3n) is 5.50. The molecule has 0 spiro atoms. The minimum Gasteiger partial charge on any atom is -0.496 e. The molecule has 1 aromatic carbocycles. The van der Waals surface area contributed by atoms with Crippen molar-refractivity contribution < 1.29 is 14.3 Å². The van der Waals surface area contributed by atoms with Gasteiger partial charge in [-0.15, -0.1) is 0 Å². The number of para-hydroxylation sites is 1. The van der Waals surface area contributed by atoms with Crippen LogP contribution in [-0.2, 0) is 9.53 Å². The highest BCUT2D eigenvalue weighted by molar-refractivity contribution is 5.79. The molecule has 0 aliphatic carbocycles. The lowest BCUT2D eigenvalue weighted by Gasteiger charge is -2.17.